The average molecular weight is 206 g/mol. The first-order valence-corrected chi connectivity index (χ1v) is 5.45. The van der Waals surface area contributed by atoms with Crippen molar-refractivity contribution in [2.45, 2.75) is 40.2 Å². The highest BCUT2D eigenvalue weighted by Crippen LogP contribution is 2.10. The van der Waals surface area contributed by atoms with Gasteiger partial charge in [-0.15, -0.1) is 0 Å². The third kappa shape index (κ3) is 2.78. The van der Waals surface area contributed by atoms with Gasteiger partial charge in [-0.05, 0) is 25.3 Å². The maximum absolute atomic E-state index is 11.9. The number of rotatable bonds is 5. The van der Waals surface area contributed by atoms with Gasteiger partial charge in [0.1, 0.15) is 0 Å². The topological polar surface area (TPSA) is 34.9 Å². The highest BCUT2D eigenvalue weighted by atomic mass is 16.1. The number of allylic oxidation sites excluding steroid dienone is 2. The lowest BCUT2D eigenvalue weighted by atomic mass is 10.0. The van der Waals surface area contributed by atoms with Gasteiger partial charge in [0.15, 0.2) is 5.78 Å². The molecule has 82 valence electrons. The number of hydrogen-bond donors (Lipinski definition) is 0. The molecular weight excluding hydrogens is 188 g/mol. The monoisotopic (exact) mass is 206 g/mol. The summed E-state index contributed by atoms with van der Waals surface area (Å²) in [4.78, 5) is 11.9. The molecule has 0 atom stereocenters. The Morgan fingerprint density at radius 1 is 1.53 bits per heavy atom. The van der Waals surface area contributed by atoms with Gasteiger partial charge < -0.3 is 0 Å². The maximum Gasteiger partial charge on any atom is 0.191 e. The van der Waals surface area contributed by atoms with Crippen LogP contribution >= 0.6 is 0 Å². The third-order valence-corrected chi connectivity index (χ3v) is 2.37. The first kappa shape index (κ1) is 11.7. The van der Waals surface area contributed by atoms with Gasteiger partial charge in [-0.2, -0.15) is 5.10 Å². The summed E-state index contributed by atoms with van der Waals surface area (Å²) in [5.41, 5.74) is 1.55. The Bertz CT molecular complexity index is 363. The summed E-state index contributed by atoms with van der Waals surface area (Å²) in [5.74, 6) is 0.0994. The van der Waals surface area contributed by atoms with Crippen LogP contribution in [0.3, 0.4) is 0 Å². The van der Waals surface area contributed by atoms with E-state index in [4.69, 9.17) is 0 Å². The van der Waals surface area contributed by atoms with Crippen molar-refractivity contribution in [3.05, 3.63) is 29.6 Å². The average Bonchev–Trinajstić information content (AvgIpc) is 2.68. The van der Waals surface area contributed by atoms with E-state index < -0.39 is 0 Å². The number of Topliss-reactive ketones (excluding diaryl/α,β-unsaturated/α-hetero) is 1. The van der Waals surface area contributed by atoms with Crippen LogP contribution in [0.5, 0.6) is 0 Å². The zero-order valence-electron chi connectivity index (χ0n) is 9.66. The van der Waals surface area contributed by atoms with E-state index in [1.807, 2.05) is 30.8 Å². The molecule has 0 aliphatic carbocycles. The Labute approximate surface area is 90.8 Å². The lowest BCUT2D eigenvalue weighted by Gasteiger charge is -1.99. The van der Waals surface area contributed by atoms with Crippen molar-refractivity contribution in [3.8, 4) is 0 Å². The number of carbonyl (C=O) groups is 1. The van der Waals surface area contributed by atoms with Gasteiger partial charge in [-0.25, -0.2) is 0 Å². The molecule has 0 amide bonds. The van der Waals surface area contributed by atoms with Gasteiger partial charge in [0.25, 0.3) is 0 Å². The Hall–Kier alpha value is -1.38. The Morgan fingerprint density at radius 3 is 2.80 bits per heavy atom. The minimum Gasteiger partial charge on any atom is -0.289 e. The molecule has 1 heterocycles. The van der Waals surface area contributed by atoms with Gasteiger partial charge in [-0.1, -0.05) is 19.9 Å². The fourth-order valence-electron chi connectivity index (χ4n) is 1.51. The molecule has 0 aliphatic heterocycles. The van der Waals surface area contributed by atoms with Gasteiger partial charge in [0, 0.05) is 12.7 Å². The van der Waals surface area contributed by atoms with E-state index in [0.29, 0.717) is 5.56 Å². The smallest absolute Gasteiger partial charge is 0.191 e. The second kappa shape index (κ2) is 5.49. The molecule has 15 heavy (non-hydrogen) atoms. The Morgan fingerprint density at radius 2 is 2.27 bits per heavy atom. The molecule has 1 rings (SSSR count). The first-order valence-electron chi connectivity index (χ1n) is 5.45. The normalized spacial score (nSPS) is 11.8. The van der Waals surface area contributed by atoms with Gasteiger partial charge in [0.05, 0.1) is 11.8 Å². The van der Waals surface area contributed by atoms with Crippen molar-refractivity contribution in [2.75, 3.05) is 0 Å². The molecule has 0 aliphatic rings. The van der Waals surface area contributed by atoms with E-state index in [-0.39, 0.29) is 5.78 Å². The fourth-order valence-corrected chi connectivity index (χ4v) is 1.51. The lowest BCUT2D eigenvalue weighted by Crippen LogP contribution is -2.01. The fraction of sp³-hybridized carbons (Fsp3) is 0.500. The van der Waals surface area contributed by atoms with E-state index in [0.717, 1.165) is 25.0 Å². The molecule has 1 aromatic heterocycles. The van der Waals surface area contributed by atoms with Crippen molar-refractivity contribution in [1.82, 2.24) is 9.78 Å². The van der Waals surface area contributed by atoms with E-state index in [1.165, 1.54) is 0 Å². The van der Waals surface area contributed by atoms with Crippen molar-refractivity contribution in [1.29, 1.82) is 0 Å². The molecule has 0 bridgehead atoms. The Kier molecular flexibility index (Phi) is 4.28. The van der Waals surface area contributed by atoms with Gasteiger partial charge in [-0.3, -0.25) is 9.48 Å². The van der Waals surface area contributed by atoms with Crippen LogP contribution in [-0.2, 0) is 6.54 Å². The molecule has 0 spiro atoms. The second-order valence-electron chi connectivity index (χ2n) is 3.49. The predicted octanol–water partition coefficient (Wildman–Crippen LogP) is 2.83. The highest BCUT2D eigenvalue weighted by Gasteiger charge is 2.11. The quantitative estimate of drug-likeness (QED) is 0.548. The van der Waals surface area contributed by atoms with Gasteiger partial charge in [0.2, 0.25) is 0 Å². The van der Waals surface area contributed by atoms with E-state index in [1.54, 1.807) is 6.20 Å². The van der Waals surface area contributed by atoms with E-state index in [9.17, 15) is 4.79 Å². The third-order valence-electron chi connectivity index (χ3n) is 2.37. The first-order chi connectivity index (χ1) is 7.22. The summed E-state index contributed by atoms with van der Waals surface area (Å²) in [6.07, 6.45) is 7.15. The summed E-state index contributed by atoms with van der Waals surface area (Å²) in [6.45, 7) is 6.84. The zero-order valence-corrected chi connectivity index (χ0v) is 9.66. The number of aromatic nitrogens is 2. The van der Waals surface area contributed by atoms with Crippen molar-refractivity contribution in [3.63, 3.8) is 0 Å². The van der Waals surface area contributed by atoms with Crippen LogP contribution < -0.4 is 0 Å². The molecule has 0 N–H and O–H groups in total. The van der Waals surface area contributed by atoms with Crippen LogP contribution in [0.4, 0.5) is 0 Å². The zero-order chi connectivity index (χ0) is 11.3. The van der Waals surface area contributed by atoms with Crippen LogP contribution in [0.25, 0.3) is 0 Å². The molecule has 3 nitrogen and oxygen atoms in total. The number of hydrogen-bond acceptors (Lipinski definition) is 2. The molecule has 0 saturated heterocycles. The second-order valence-corrected chi connectivity index (χ2v) is 3.49. The summed E-state index contributed by atoms with van der Waals surface area (Å²) in [5, 5.41) is 4.15. The highest BCUT2D eigenvalue weighted by molar-refractivity contribution is 6.08. The number of carbonyl (C=O) groups excluding carboxylic acids is 1. The van der Waals surface area contributed by atoms with Crippen LogP contribution in [0.15, 0.2) is 24.0 Å². The Balaban J connectivity index is 2.82. The predicted molar refractivity (Wildman–Crippen MR) is 60.9 cm³/mol. The number of ketones is 1. The SMILES string of the molecule is C/C=C(\CC)C(=O)c1cnn(CCC)c1. The summed E-state index contributed by atoms with van der Waals surface area (Å²) < 4.78 is 1.82. The largest absolute Gasteiger partial charge is 0.289 e. The van der Waals surface area contributed by atoms with Crippen LogP contribution in [0.1, 0.15) is 44.0 Å². The summed E-state index contributed by atoms with van der Waals surface area (Å²) in [6, 6.07) is 0. The lowest BCUT2D eigenvalue weighted by molar-refractivity contribution is 0.103. The molecule has 0 unspecified atom stereocenters. The molecule has 0 aromatic carbocycles. The van der Waals surface area contributed by atoms with Crippen LogP contribution in [0.2, 0.25) is 0 Å². The molecule has 1 aromatic rings. The molecule has 0 radical (unpaired) electrons. The maximum atomic E-state index is 11.9. The number of aryl methyl sites for hydroxylation is 1. The minimum atomic E-state index is 0.0994. The summed E-state index contributed by atoms with van der Waals surface area (Å²) in [7, 11) is 0. The van der Waals surface area contributed by atoms with E-state index in [2.05, 4.69) is 12.0 Å². The summed E-state index contributed by atoms with van der Waals surface area (Å²) >= 11 is 0. The van der Waals surface area contributed by atoms with Crippen molar-refractivity contribution in [2.24, 2.45) is 0 Å². The van der Waals surface area contributed by atoms with Crippen LogP contribution in [0, 0.1) is 0 Å². The molecular formula is C12H18N2O. The molecule has 3 heteroatoms. The molecule has 0 saturated carbocycles. The number of nitrogens with zero attached hydrogens (tertiary/aromatic N) is 2. The van der Waals surface area contributed by atoms with Crippen molar-refractivity contribution < 1.29 is 4.79 Å². The van der Waals surface area contributed by atoms with Gasteiger partial charge >= 0.3 is 0 Å². The standard InChI is InChI=1S/C12H18N2O/c1-4-7-14-9-11(8-13-14)12(15)10(5-2)6-3/h5,8-9H,4,6-7H2,1-3H3/b10-5+. The van der Waals surface area contributed by atoms with E-state index >= 15 is 0 Å². The molecule has 0 fully saturated rings. The van der Waals surface area contributed by atoms with Crippen molar-refractivity contribution >= 4 is 5.78 Å². The minimum absolute atomic E-state index is 0.0994. The van der Waals surface area contributed by atoms with Crippen LogP contribution in [-0.4, -0.2) is 15.6 Å².